The molecule has 0 saturated carbocycles. The summed E-state index contributed by atoms with van der Waals surface area (Å²) in [7, 11) is 0. The Balaban J connectivity index is 5.00. The van der Waals surface area contributed by atoms with E-state index >= 15 is 0 Å². The molecule has 0 aromatic rings. The summed E-state index contributed by atoms with van der Waals surface area (Å²) in [6, 6.07) is 0. The Morgan fingerprint density at radius 3 is 1.94 bits per heavy atom. The zero-order valence-electron chi connectivity index (χ0n) is 22.2. The maximum absolute atomic E-state index is 12.8. The van der Waals surface area contributed by atoms with Crippen LogP contribution in [0.3, 0.4) is 0 Å². The summed E-state index contributed by atoms with van der Waals surface area (Å²) in [6.45, 7) is 4.26. The average molecular weight is 513 g/mol. The van der Waals surface area contributed by atoms with Crippen molar-refractivity contribution < 1.29 is 44.0 Å². The van der Waals surface area contributed by atoms with Crippen LogP contribution in [0.1, 0.15) is 98.3 Å². The highest BCUT2D eigenvalue weighted by Gasteiger charge is 2.57. The van der Waals surface area contributed by atoms with Gasteiger partial charge in [-0.15, -0.1) is 0 Å². The van der Waals surface area contributed by atoms with E-state index in [2.05, 4.69) is 11.7 Å². The molecule has 3 atom stereocenters. The Labute approximate surface area is 214 Å². The number of aliphatic hydroxyl groups excluding tert-OH is 3. The molecule has 0 aromatic heterocycles. The van der Waals surface area contributed by atoms with Crippen molar-refractivity contribution in [3.8, 4) is 0 Å². The van der Waals surface area contributed by atoms with Crippen LogP contribution in [0.25, 0.3) is 0 Å². The van der Waals surface area contributed by atoms with Crippen LogP contribution in [0.5, 0.6) is 0 Å². The van der Waals surface area contributed by atoms with Crippen LogP contribution in [-0.2, 0) is 28.7 Å². The van der Waals surface area contributed by atoms with E-state index in [1.165, 1.54) is 13.3 Å². The molecule has 0 rings (SSSR count). The fourth-order valence-electron chi connectivity index (χ4n) is 4.29. The monoisotopic (exact) mass is 512 g/mol. The molecule has 0 aromatic carbocycles. The Bertz CT molecular complexity index is 742. The van der Waals surface area contributed by atoms with Gasteiger partial charge in [0.1, 0.15) is 5.78 Å². The van der Waals surface area contributed by atoms with Gasteiger partial charge in [0.25, 0.3) is 0 Å². The second-order valence-electron chi connectivity index (χ2n) is 9.34. The zero-order chi connectivity index (χ0) is 27.7. The molecule has 0 aliphatic rings. The number of unbranched alkanes of at least 4 members (excludes halogenated alkanes) is 6. The maximum atomic E-state index is 12.8. The number of esters is 2. The molecule has 0 saturated heterocycles. The number of hydrogen-bond acceptors (Lipinski definition) is 9. The van der Waals surface area contributed by atoms with E-state index in [-0.39, 0.29) is 12.5 Å². The molecule has 2 unspecified atom stereocenters. The quantitative estimate of drug-likeness (QED) is 0.0966. The Hall–Kier alpha value is -2.23. The summed E-state index contributed by atoms with van der Waals surface area (Å²) in [5.41, 5.74) is -2.50. The average Bonchev–Trinajstić information content (AvgIpc) is 2.81. The first-order valence-corrected chi connectivity index (χ1v) is 12.9. The third kappa shape index (κ3) is 10.8. The highest BCUT2D eigenvalue weighted by Crippen LogP contribution is 2.37. The largest absolute Gasteiger partial charge is 0.393 e. The lowest BCUT2D eigenvalue weighted by atomic mass is 9.66. The molecule has 0 amide bonds. The number of allylic oxidation sites excluding steroid dienone is 1. The van der Waals surface area contributed by atoms with E-state index < -0.39 is 53.3 Å². The summed E-state index contributed by atoms with van der Waals surface area (Å²) in [5.74, 6) is -6.77. The lowest BCUT2D eigenvalue weighted by Crippen LogP contribution is -2.54. The number of rotatable bonds is 20. The number of carbonyl (C=O) groups excluding carboxylic acids is 5. The van der Waals surface area contributed by atoms with Crippen LogP contribution < -0.4 is 0 Å². The van der Waals surface area contributed by atoms with E-state index in [1.807, 2.05) is 12.2 Å². The van der Waals surface area contributed by atoms with Crippen molar-refractivity contribution in [2.24, 2.45) is 11.3 Å². The number of hydrogen-bond donors (Lipinski definition) is 3. The SMILES string of the molecule is CCCCCC[C@@H](O)C/C=C\CCCCCC(C(C)=O)C(C(C)=O)(C(C)=O)C(=O)OC(=O)C(O)CO. The van der Waals surface area contributed by atoms with Crippen molar-refractivity contribution in [1.82, 2.24) is 0 Å². The van der Waals surface area contributed by atoms with Gasteiger partial charge in [-0.05, 0) is 52.9 Å². The molecular formula is C27H44O9. The molecule has 0 aliphatic carbocycles. The second kappa shape index (κ2) is 18.1. The van der Waals surface area contributed by atoms with E-state index in [0.717, 1.165) is 52.4 Å². The number of aliphatic hydroxyl groups is 3. The first-order chi connectivity index (χ1) is 17.0. The van der Waals surface area contributed by atoms with Crippen molar-refractivity contribution in [1.29, 1.82) is 0 Å². The molecule has 0 fully saturated rings. The van der Waals surface area contributed by atoms with E-state index in [9.17, 15) is 34.2 Å². The topological polar surface area (TPSA) is 155 Å². The summed E-state index contributed by atoms with van der Waals surface area (Å²) >= 11 is 0. The van der Waals surface area contributed by atoms with Gasteiger partial charge in [0.05, 0.1) is 12.7 Å². The molecule has 36 heavy (non-hydrogen) atoms. The molecule has 0 spiro atoms. The van der Waals surface area contributed by atoms with Crippen molar-refractivity contribution in [2.75, 3.05) is 6.61 Å². The van der Waals surface area contributed by atoms with Crippen molar-refractivity contribution in [2.45, 2.75) is 111 Å². The van der Waals surface area contributed by atoms with E-state index in [1.54, 1.807) is 0 Å². The van der Waals surface area contributed by atoms with Crippen LogP contribution >= 0.6 is 0 Å². The first kappa shape index (κ1) is 33.8. The van der Waals surface area contributed by atoms with Crippen molar-refractivity contribution in [3.63, 3.8) is 0 Å². The van der Waals surface area contributed by atoms with Gasteiger partial charge in [-0.1, -0.05) is 57.6 Å². The minimum atomic E-state index is -2.50. The molecule has 9 nitrogen and oxygen atoms in total. The number of ketones is 3. The Morgan fingerprint density at radius 2 is 1.42 bits per heavy atom. The van der Waals surface area contributed by atoms with Gasteiger partial charge in [-0.3, -0.25) is 14.4 Å². The van der Waals surface area contributed by atoms with E-state index in [4.69, 9.17) is 5.11 Å². The predicted octanol–water partition coefficient (Wildman–Crippen LogP) is 3.01. The molecule has 0 heterocycles. The maximum Gasteiger partial charge on any atom is 0.345 e. The van der Waals surface area contributed by atoms with Crippen molar-refractivity contribution >= 4 is 29.3 Å². The fourth-order valence-corrected chi connectivity index (χ4v) is 4.29. The normalized spacial score (nSPS) is 14.3. The lowest BCUT2D eigenvalue weighted by Gasteiger charge is -2.32. The summed E-state index contributed by atoms with van der Waals surface area (Å²) < 4.78 is 4.54. The standard InChI is InChI=1S/C27H44O9/c1-5-6-7-12-15-22(32)16-13-10-8-9-11-14-17-23(19(2)29)27(20(3)30,21(4)31)26(35)36-25(34)24(33)18-28/h10,13,22-24,28,32-33H,5-9,11-12,14-18H2,1-4H3/b13-10-/t22-,23?,24?/m1/s1. The fraction of sp³-hybridized carbons (Fsp3) is 0.741. The van der Waals surface area contributed by atoms with Crippen LogP contribution in [0, 0.1) is 11.3 Å². The third-order valence-corrected chi connectivity index (χ3v) is 6.41. The highest BCUT2D eigenvalue weighted by molar-refractivity contribution is 6.24. The van der Waals surface area contributed by atoms with Crippen LogP contribution in [0.2, 0.25) is 0 Å². The Morgan fingerprint density at radius 1 is 0.833 bits per heavy atom. The van der Waals surface area contributed by atoms with Gasteiger partial charge in [0.15, 0.2) is 23.1 Å². The summed E-state index contributed by atoms with van der Waals surface area (Å²) in [4.78, 5) is 62.2. The van der Waals surface area contributed by atoms with Crippen LogP contribution in [0.15, 0.2) is 12.2 Å². The molecule has 0 bridgehead atoms. The molecule has 9 heteroatoms. The number of ether oxygens (including phenoxy) is 1. The molecular weight excluding hydrogens is 468 g/mol. The highest BCUT2D eigenvalue weighted by atomic mass is 16.6. The van der Waals surface area contributed by atoms with Gasteiger partial charge in [-0.25, -0.2) is 9.59 Å². The van der Waals surface area contributed by atoms with Crippen LogP contribution in [-0.4, -0.2) is 63.4 Å². The number of Topliss-reactive ketones (excluding diaryl/α,β-unsaturated/α-hetero) is 3. The van der Waals surface area contributed by atoms with Gasteiger partial charge in [-0.2, -0.15) is 0 Å². The van der Waals surface area contributed by atoms with Gasteiger partial charge in [0, 0.05) is 5.92 Å². The minimum Gasteiger partial charge on any atom is -0.393 e. The van der Waals surface area contributed by atoms with E-state index in [0.29, 0.717) is 19.3 Å². The number of carbonyl (C=O) groups is 5. The predicted molar refractivity (Wildman–Crippen MR) is 134 cm³/mol. The van der Waals surface area contributed by atoms with Gasteiger partial charge in [0.2, 0.25) is 0 Å². The van der Waals surface area contributed by atoms with Gasteiger partial charge < -0.3 is 20.1 Å². The molecule has 3 N–H and O–H groups in total. The Kier molecular flexibility index (Phi) is 17.0. The second-order valence-corrected chi connectivity index (χ2v) is 9.34. The lowest BCUT2D eigenvalue weighted by molar-refractivity contribution is -0.179. The molecule has 206 valence electrons. The van der Waals surface area contributed by atoms with Crippen LogP contribution in [0.4, 0.5) is 0 Å². The smallest absolute Gasteiger partial charge is 0.345 e. The van der Waals surface area contributed by atoms with Gasteiger partial charge >= 0.3 is 11.9 Å². The third-order valence-electron chi connectivity index (χ3n) is 6.41. The summed E-state index contributed by atoms with van der Waals surface area (Å²) in [6.07, 6.45) is 10.2. The molecule has 0 aliphatic heterocycles. The van der Waals surface area contributed by atoms with Crippen molar-refractivity contribution in [3.05, 3.63) is 12.2 Å². The zero-order valence-corrected chi connectivity index (χ0v) is 22.2. The first-order valence-electron chi connectivity index (χ1n) is 12.9. The molecule has 0 radical (unpaired) electrons. The minimum absolute atomic E-state index is 0.0561. The summed E-state index contributed by atoms with van der Waals surface area (Å²) in [5, 5.41) is 28.2.